The van der Waals surface area contributed by atoms with E-state index in [1.807, 2.05) is 29.3 Å². The maximum absolute atomic E-state index is 12.9. The van der Waals surface area contributed by atoms with E-state index in [-0.39, 0.29) is 11.3 Å². The van der Waals surface area contributed by atoms with E-state index in [0.29, 0.717) is 28.1 Å². The Balaban J connectivity index is 1.37. The first-order chi connectivity index (χ1) is 17.6. The third-order valence-electron chi connectivity index (χ3n) is 5.76. The van der Waals surface area contributed by atoms with Crippen molar-refractivity contribution in [1.29, 1.82) is 0 Å². The normalized spacial score (nSPS) is 16.6. The van der Waals surface area contributed by atoms with Crippen molar-refractivity contribution in [2.75, 3.05) is 0 Å². The number of thioether (sulfide) groups is 1. The average Bonchev–Trinajstić information content (AvgIpc) is 3.56. The van der Waals surface area contributed by atoms with Gasteiger partial charge in [0.1, 0.15) is 0 Å². The Labute approximate surface area is 218 Å². The predicted molar refractivity (Wildman–Crippen MR) is 143 cm³/mol. The Morgan fingerprint density at radius 3 is 2.53 bits per heavy atom. The summed E-state index contributed by atoms with van der Waals surface area (Å²) in [7, 11) is 0. The number of rotatable bonds is 7. The van der Waals surface area contributed by atoms with Crippen LogP contribution in [0.2, 0.25) is 5.02 Å². The molecule has 1 aliphatic heterocycles. The van der Waals surface area contributed by atoms with Crippen molar-refractivity contribution in [3.8, 4) is 22.5 Å². The van der Waals surface area contributed by atoms with Crippen molar-refractivity contribution >= 4 is 34.4 Å². The zero-order valence-electron chi connectivity index (χ0n) is 19.6. The molecule has 0 spiro atoms. The van der Waals surface area contributed by atoms with Crippen LogP contribution < -0.4 is 5.43 Å². The third-order valence-corrected chi connectivity index (χ3v) is 7.24. The number of aliphatic imine (C=N–C) groups is 1. The van der Waals surface area contributed by atoms with Crippen LogP contribution in [0, 0.1) is 0 Å². The van der Waals surface area contributed by atoms with Crippen molar-refractivity contribution in [2.24, 2.45) is 4.99 Å². The summed E-state index contributed by atoms with van der Waals surface area (Å²) in [6.45, 7) is 2.71. The molecule has 0 aliphatic carbocycles. The largest absolute Gasteiger partial charge is 0.281 e. The van der Waals surface area contributed by atoms with Gasteiger partial charge in [-0.05, 0) is 45.7 Å². The summed E-state index contributed by atoms with van der Waals surface area (Å²) in [5.41, 5.74) is 8.00. The third kappa shape index (κ3) is 5.33. The fraction of sp³-hybridized carbons (Fsp3) is 0.192. The lowest BCUT2D eigenvalue weighted by atomic mass is 9.98. The van der Waals surface area contributed by atoms with Crippen LogP contribution in [0.5, 0.6) is 0 Å². The molecule has 5 rings (SSSR count). The van der Waals surface area contributed by atoms with Crippen LogP contribution in [0.1, 0.15) is 35.7 Å². The topological polar surface area (TPSA) is 99.2 Å². The molecule has 3 aromatic carbocycles. The highest BCUT2D eigenvalue weighted by Gasteiger charge is 2.29. The minimum atomic E-state index is -0.346. The number of amides is 1. The highest BCUT2D eigenvalue weighted by atomic mass is 35.5. The zero-order valence-corrected chi connectivity index (χ0v) is 21.1. The predicted octanol–water partition coefficient (Wildman–Crippen LogP) is 5.56. The van der Waals surface area contributed by atoms with Crippen LogP contribution in [0.15, 0.2) is 77.8 Å². The lowest BCUT2D eigenvalue weighted by molar-refractivity contribution is 0.100. The first-order valence-electron chi connectivity index (χ1n) is 11.6. The molecule has 2 heterocycles. The number of amidine groups is 1. The number of hydrogen-bond acceptors (Lipinski definition) is 6. The average molecular weight is 518 g/mol. The van der Waals surface area contributed by atoms with Gasteiger partial charge in [0, 0.05) is 5.56 Å². The first kappa shape index (κ1) is 24.2. The number of aromatic nitrogens is 4. The van der Waals surface area contributed by atoms with Gasteiger partial charge in [0.25, 0.3) is 5.91 Å². The van der Waals surface area contributed by atoms with E-state index in [0.717, 1.165) is 35.1 Å². The van der Waals surface area contributed by atoms with Gasteiger partial charge in [0.15, 0.2) is 11.0 Å². The van der Waals surface area contributed by atoms with Gasteiger partial charge in [0.2, 0.25) is 0 Å². The lowest BCUT2D eigenvalue weighted by Crippen LogP contribution is -2.37. The van der Waals surface area contributed by atoms with E-state index in [1.165, 1.54) is 0 Å². The van der Waals surface area contributed by atoms with Crippen molar-refractivity contribution in [3.05, 3.63) is 88.9 Å². The van der Waals surface area contributed by atoms with Crippen molar-refractivity contribution in [2.45, 2.75) is 31.7 Å². The first-order valence-corrected chi connectivity index (χ1v) is 12.9. The molecule has 0 bridgehead atoms. The van der Waals surface area contributed by atoms with Crippen LogP contribution in [0.3, 0.4) is 0 Å². The molecule has 182 valence electrons. The van der Waals surface area contributed by atoms with Gasteiger partial charge in [-0.25, -0.2) is 10.5 Å². The van der Waals surface area contributed by atoms with E-state index in [2.05, 4.69) is 62.2 Å². The Bertz CT molecular complexity index is 1380. The summed E-state index contributed by atoms with van der Waals surface area (Å²) in [6.07, 6.45) is 1.99. The number of nitrogens with zero attached hydrogens (tertiary/aromatic N) is 5. The van der Waals surface area contributed by atoms with Gasteiger partial charge >= 0.3 is 0 Å². The summed E-state index contributed by atoms with van der Waals surface area (Å²) in [5, 5.41) is 17.4. The van der Waals surface area contributed by atoms with Gasteiger partial charge in [0.05, 0.1) is 22.5 Å². The molecule has 4 aromatic rings. The second-order valence-corrected chi connectivity index (χ2v) is 9.86. The second-order valence-electron chi connectivity index (χ2n) is 8.28. The quantitative estimate of drug-likeness (QED) is 0.331. The summed E-state index contributed by atoms with van der Waals surface area (Å²) in [4.78, 5) is 17.3. The number of tetrazole rings is 1. The summed E-state index contributed by atoms with van der Waals surface area (Å²) >= 11 is 7.79. The Morgan fingerprint density at radius 1 is 1.06 bits per heavy atom. The Kier molecular flexibility index (Phi) is 7.41. The second kappa shape index (κ2) is 11.0. The minimum Gasteiger partial charge on any atom is -0.281 e. The fourth-order valence-corrected chi connectivity index (χ4v) is 5.39. The molecule has 10 heteroatoms. The van der Waals surface area contributed by atoms with E-state index < -0.39 is 0 Å². The number of aromatic amines is 1. The number of hydrazine groups is 1. The summed E-state index contributed by atoms with van der Waals surface area (Å²) in [6, 6.07) is 23.3. The van der Waals surface area contributed by atoms with Crippen LogP contribution >= 0.6 is 23.4 Å². The minimum absolute atomic E-state index is 0.162. The van der Waals surface area contributed by atoms with Crippen molar-refractivity contribution in [1.82, 2.24) is 31.1 Å². The summed E-state index contributed by atoms with van der Waals surface area (Å²) < 4.78 is 0. The van der Waals surface area contributed by atoms with Crippen molar-refractivity contribution in [3.63, 3.8) is 0 Å². The molecule has 1 amide bonds. The van der Waals surface area contributed by atoms with E-state index in [9.17, 15) is 4.79 Å². The maximum atomic E-state index is 12.9. The molecule has 1 saturated heterocycles. The van der Waals surface area contributed by atoms with Gasteiger partial charge in [-0.2, -0.15) is 4.99 Å². The van der Waals surface area contributed by atoms with E-state index in [4.69, 9.17) is 11.6 Å². The Hall–Kier alpha value is -3.53. The number of nitrogens with one attached hydrogen (secondary N) is 2. The SMILES string of the molecule is CCCC1NN(Cc2ccc(-c3ccccc3-c3nnn[nH]3)cc2)C(=NC(=O)c2ccccc2Cl)S1. The monoisotopic (exact) mass is 517 g/mol. The van der Waals surface area contributed by atoms with Crippen molar-refractivity contribution < 1.29 is 4.79 Å². The van der Waals surface area contributed by atoms with Crippen LogP contribution in [-0.2, 0) is 6.54 Å². The maximum Gasteiger partial charge on any atom is 0.280 e. The molecular weight excluding hydrogens is 494 g/mol. The van der Waals surface area contributed by atoms with Gasteiger partial charge in [-0.3, -0.25) is 9.80 Å². The molecule has 1 unspecified atom stereocenters. The number of carbonyl (C=O) groups excluding carboxylic acids is 1. The van der Waals surface area contributed by atoms with Crippen LogP contribution in [0.4, 0.5) is 0 Å². The smallest absolute Gasteiger partial charge is 0.280 e. The number of hydrogen-bond donors (Lipinski definition) is 2. The van der Waals surface area contributed by atoms with E-state index in [1.54, 1.807) is 36.0 Å². The molecule has 0 radical (unpaired) electrons. The standard InChI is InChI=1S/C26H24ClN7OS/c1-2-7-23-31-34(26(36-23)28-25(35)21-10-5-6-11-22(21)27)16-17-12-14-18(15-13-17)19-8-3-4-9-20(19)24-29-32-33-30-24/h3-6,8-15,23,31H,2,7,16H2,1H3,(H,29,30,32,33). The molecular formula is C26H24ClN7OS. The Morgan fingerprint density at radius 2 is 1.81 bits per heavy atom. The molecule has 1 fully saturated rings. The van der Waals surface area contributed by atoms with Gasteiger partial charge < -0.3 is 0 Å². The van der Waals surface area contributed by atoms with E-state index >= 15 is 0 Å². The highest BCUT2D eigenvalue weighted by Crippen LogP contribution is 2.31. The van der Waals surface area contributed by atoms with Gasteiger partial charge in [-0.15, -0.1) is 5.10 Å². The molecule has 36 heavy (non-hydrogen) atoms. The zero-order chi connectivity index (χ0) is 24.9. The lowest BCUT2D eigenvalue weighted by Gasteiger charge is -2.19. The number of carbonyl (C=O) groups is 1. The summed E-state index contributed by atoms with van der Waals surface area (Å²) in [5.74, 6) is 0.278. The van der Waals surface area contributed by atoms with Gasteiger partial charge in [-0.1, -0.05) is 97.4 Å². The fourth-order valence-electron chi connectivity index (χ4n) is 4.00. The van der Waals surface area contributed by atoms with Crippen LogP contribution in [0.25, 0.3) is 22.5 Å². The molecule has 1 aromatic heterocycles. The molecule has 2 N–H and O–H groups in total. The number of halogens is 1. The number of H-pyrrole nitrogens is 1. The molecule has 0 saturated carbocycles. The number of benzene rings is 3. The molecule has 8 nitrogen and oxygen atoms in total. The van der Waals surface area contributed by atoms with Crippen LogP contribution in [-0.4, -0.2) is 42.1 Å². The molecule has 1 atom stereocenters. The highest BCUT2D eigenvalue weighted by molar-refractivity contribution is 8.14. The molecule has 1 aliphatic rings.